The molecular weight excluding hydrogens is 576 g/mol. The molecule has 5 rings (SSSR count). The number of benzene rings is 3. The maximum absolute atomic E-state index is 13.2. The number of H-pyrrole nitrogens is 1. The van der Waals surface area contributed by atoms with Gasteiger partial charge in [-0.05, 0) is 42.7 Å². The first-order valence-corrected chi connectivity index (χ1v) is 14.4. The maximum Gasteiger partial charge on any atom is 0.338 e. The van der Waals surface area contributed by atoms with Gasteiger partial charge >= 0.3 is 23.6 Å². The fraction of sp³-hybridized carbons (Fsp3) is 0.194. The van der Waals surface area contributed by atoms with Gasteiger partial charge in [0.1, 0.15) is 12.7 Å². The fourth-order valence-corrected chi connectivity index (χ4v) is 4.94. The highest BCUT2D eigenvalue weighted by Crippen LogP contribution is 2.35. The Morgan fingerprint density at radius 3 is 1.77 bits per heavy atom. The van der Waals surface area contributed by atoms with Crippen LogP contribution in [0.2, 0.25) is 0 Å². The van der Waals surface area contributed by atoms with Gasteiger partial charge in [-0.25, -0.2) is 19.2 Å². The van der Waals surface area contributed by atoms with E-state index in [4.69, 9.17) is 18.9 Å². The molecule has 43 heavy (non-hydrogen) atoms. The number of nitrogens with zero attached hydrogens (tertiary/aromatic N) is 1. The van der Waals surface area contributed by atoms with Gasteiger partial charge in [0.15, 0.2) is 18.4 Å². The topological polar surface area (TPSA) is 143 Å². The molecule has 0 aliphatic carbocycles. The number of carbonyl (C=O) groups is 3. The summed E-state index contributed by atoms with van der Waals surface area (Å²) < 4.78 is 24.4. The summed E-state index contributed by atoms with van der Waals surface area (Å²) in [6, 6.07) is 24.5. The zero-order chi connectivity index (χ0) is 30.3. The van der Waals surface area contributed by atoms with Crippen LogP contribution in [0.5, 0.6) is 0 Å². The zero-order valence-electron chi connectivity index (χ0n) is 22.8. The first-order chi connectivity index (χ1) is 20.9. The van der Waals surface area contributed by atoms with Gasteiger partial charge in [-0.2, -0.15) is 0 Å². The molecule has 0 unspecified atom stereocenters. The Labute approximate surface area is 249 Å². The molecular formula is C31H26N2O9S. The molecule has 1 aliphatic heterocycles. The number of thioether (sulfide) groups is 1. The van der Waals surface area contributed by atoms with Crippen LogP contribution < -0.4 is 11.2 Å². The van der Waals surface area contributed by atoms with Gasteiger partial charge < -0.3 is 18.9 Å². The lowest BCUT2D eigenvalue weighted by Crippen LogP contribution is -2.43. The van der Waals surface area contributed by atoms with Gasteiger partial charge in [0, 0.05) is 6.20 Å². The second kappa shape index (κ2) is 13.4. The van der Waals surface area contributed by atoms with E-state index in [1.54, 1.807) is 85.1 Å². The van der Waals surface area contributed by atoms with Gasteiger partial charge in [0.05, 0.1) is 21.6 Å². The summed E-state index contributed by atoms with van der Waals surface area (Å²) >= 11 is 1.09. The van der Waals surface area contributed by atoms with Crippen molar-refractivity contribution < 1.29 is 33.3 Å². The summed E-state index contributed by atoms with van der Waals surface area (Å²) in [6.45, 7) is -0.413. The molecule has 0 bridgehead atoms. The molecule has 1 aliphatic rings. The fourth-order valence-electron chi connectivity index (χ4n) is 4.48. The number of carbonyl (C=O) groups excluding carboxylic acids is 3. The van der Waals surface area contributed by atoms with E-state index in [-0.39, 0.29) is 21.6 Å². The minimum atomic E-state index is -1.39. The van der Waals surface area contributed by atoms with Crippen LogP contribution in [-0.4, -0.2) is 58.6 Å². The van der Waals surface area contributed by atoms with Crippen LogP contribution >= 0.6 is 11.8 Å². The number of ether oxygens (including phenoxy) is 4. The van der Waals surface area contributed by atoms with Crippen molar-refractivity contribution in [2.45, 2.75) is 29.4 Å². The summed E-state index contributed by atoms with van der Waals surface area (Å²) in [4.78, 5) is 66.9. The van der Waals surface area contributed by atoms with Crippen molar-refractivity contribution in [2.24, 2.45) is 0 Å². The molecule has 3 aromatic carbocycles. The van der Waals surface area contributed by atoms with E-state index >= 15 is 0 Å². The van der Waals surface area contributed by atoms with Crippen LogP contribution in [0.25, 0.3) is 0 Å². The quantitative estimate of drug-likeness (QED) is 0.172. The molecule has 0 amide bonds. The molecule has 0 radical (unpaired) electrons. The molecule has 1 N–H and O–H groups in total. The Morgan fingerprint density at radius 2 is 1.26 bits per heavy atom. The Balaban J connectivity index is 1.53. The molecule has 4 atom stereocenters. The highest BCUT2D eigenvalue weighted by Gasteiger charge is 2.51. The number of nitrogens with one attached hydrogen (secondary N) is 1. The molecule has 1 aromatic heterocycles. The normalized spacial score (nSPS) is 19.4. The predicted octanol–water partition coefficient (Wildman–Crippen LogP) is 3.46. The minimum absolute atomic E-state index is 0.188. The van der Waals surface area contributed by atoms with Crippen molar-refractivity contribution in [3.8, 4) is 0 Å². The number of hydrogen-bond acceptors (Lipinski definition) is 10. The Bertz CT molecular complexity index is 1710. The standard InChI is InChI=1S/C31H26N2O9S/c1-43-23-17-33(31(38)32-26(23)34)27-25(42-30(37)21-15-9-4-10-16-21)24(41-29(36)20-13-7-3-8-14-20)22(40-27)18-39-28(35)19-11-5-2-6-12-19/h2-17,22,24-25,27H,18H2,1H3,(H,32,34,38)/t22-,24-,25-,27-/m1/s1. The number of aromatic amines is 1. The van der Waals surface area contributed by atoms with Gasteiger partial charge in [0.25, 0.3) is 5.56 Å². The van der Waals surface area contributed by atoms with Crippen molar-refractivity contribution in [3.05, 3.63) is 135 Å². The summed E-state index contributed by atoms with van der Waals surface area (Å²) in [5.74, 6) is -2.19. The van der Waals surface area contributed by atoms with Crippen molar-refractivity contribution in [1.82, 2.24) is 9.55 Å². The summed E-state index contributed by atoms with van der Waals surface area (Å²) in [6.07, 6.45) is -2.33. The van der Waals surface area contributed by atoms with Gasteiger partial charge in [-0.1, -0.05) is 54.6 Å². The van der Waals surface area contributed by atoms with Crippen LogP contribution in [0.3, 0.4) is 0 Å². The third-order valence-electron chi connectivity index (χ3n) is 6.61. The third kappa shape index (κ3) is 6.76. The lowest BCUT2D eigenvalue weighted by atomic mass is 10.1. The SMILES string of the molecule is CSc1cn([C@@H]2O[C@H](COC(=O)c3ccccc3)[C@@H](OC(=O)c3ccccc3)[C@H]2OC(=O)c2ccccc2)c(=O)[nH]c1=O. The maximum atomic E-state index is 13.2. The van der Waals surface area contributed by atoms with Crippen molar-refractivity contribution in [2.75, 3.05) is 12.9 Å². The second-order valence-corrected chi connectivity index (χ2v) is 10.2. The highest BCUT2D eigenvalue weighted by atomic mass is 32.2. The number of aromatic nitrogens is 2. The minimum Gasteiger partial charge on any atom is -0.459 e. The average Bonchev–Trinajstić information content (AvgIpc) is 3.36. The second-order valence-electron chi connectivity index (χ2n) is 9.37. The molecule has 12 heteroatoms. The van der Waals surface area contributed by atoms with E-state index in [1.807, 2.05) is 0 Å². The smallest absolute Gasteiger partial charge is 0.338 e. The number of rotatable bonds is 9. The molecule has 1 fully saturated rings. The lowest BCUT2D eigenvalue weighted by Gasteiger charge is -2.25. The summed E-state index contributed by atoms with van der Waals surface area (Å²) in [5.41, 5.74) is -0.756. The highest BCUT2D eigenvalue weighted by molar-refractivity contribution is 7.98. The largest absolute Gasteiger partial charge is 0.459 e. The van der Waals surface area contributed by atoms with Gasteiger partial charge in [0.2, 0.25) is 0 Å². The first kappa shape index (κ1) is 29.5. The lowest BCUT2D eigenvalue weighted by molar-refractivity contribution is -0.0643. The van der Waals surface area contributed by atoms with E-state index < -0.39 is 60.3 Å². The van der Waals surface area contributed by atoms with Crippen LogP contribution in [0, 0.1) is 0 Å². The van der Waals surface area contributed by atoms with Crippen LogP contribution in [0.4, 0.5) is 0 Å². The van der Waals surface area contributed by atoms with Crippen LogP contribution in [-0.2, 0) is 18.9 Å². The monoisotopic (exact) mass is 602 g/mol. The van der Waals surface area contributed by atoms with E-state index in [2.05, 4.69) is 4.98 Å². The Kier molecular flexibility index (Phi) is 9.18. The predicted molar refractivity (Wildman–Crippen MR) is 155 cm³/mol. The molecule has 4 aromatic rings. The summed E-state index contributed by atoms with van der Waals surface area (Å²) in [7, 11) is 0. The third-order valence-corrected chi connectivity index (χ3v) is 7.34. The Hall–Kier alpha value is -4.94. The van der Waals surface area contributed by atoms with Crippen LogP contribution in [0.15, 0.2) is 112 Å². The molecule has 11 nitrogen and oxygen atoms in total. The van der Waals surface area contributed by atoms with E-state index in [9.17, 15) is 24.0 Å². The molecule has 0 saturated carbocycles. The molecule has 2 heterocycles. The zero-order valence-corrected chi connectivity index (χ0v) is 23.6. The van der Waals surface area contributed by atoms with Crippen molar-refractivity contribution >= 4 is 29.7 Å². The van der Waals surface area contributed by atoms with Gasteiger partial charge in [-0.15, -0.1) is 11.8 Å². The molecule has 1 saturated heterocycles. The van der Waals surface area contributed by atoms with E-state index in [0.717, 1.165) is 16.3 Å². The van der Waals surface area contributed by atoms with E-state index in [1.165, 1.54) is 18.3 Å². The van der Waals surface area contributed by atoms with Crippen molar-refractivity contribution in [3.63, 3.8) is 0 Å². The number of hydrogen-bond donors (Lipinski definition) is 1. The molecule has 0 spiro atoms. The molecule has 220 valence electrons. The van der Waals surface area contributed by atoms with E-state index in [0.29, 0.717) is 0 Å². The summed E-state index contributed by atoms with van der Waals surface area (Å²) in [5, 5.41) is 0. The Morgan fingerprint density at radius 1 is 0.767 bits per heavy atom. The average molecular weight is 603 g/mol. The van der Waals surface area contributed by atoms with Gasteiger partial charge in [-0.3, -0.25) is 14.3 Å². The number of esters is 3. The van der Waals surface area contributed by atoms with Crippen LogP contribution in [0.1, 0.15) is 37.3 Å². The van der Waals surface area contributed by atoms with Crippen molar-refractivity contribution in [1.29, 1.82) is 0 Å². The first-order valence-electron chi connectivity index (χ1n) is 13.1.